The van der Waals surface area contributed by atoms with E-state index in [0.717, 1.165) is 41.3 Å². The topological polar surface area (TPSA) is 51.2 Å². The van der Waals surface area contributed by atoms with E-state index in [9.17, 15) is 4.79 Å². The predicted octanol–water partition coefficient (Wildman–Crippen LogP) is 3.67. The molecule has 0 bridgehead atoms. The first-order valence-corrected chi connectivity index (χ1v) is 8.47. The van der Waals surface area contributed by atoms with Gasteiger partial charge in [-0.15, -0.1) is 11.3 Å². The fourth-order valence-electron chi connectivity index (χ4n) is 2.12. The molecule has 1 N–H and O–H groups in total. The van der Waals surface area contributed by atoms with Crippen LogP contribution < -0.4 is 10.1 Å². The smallest absolute Gasteiger partial charge is 0.220 e. The number of ether oxygens (including phenoxy) is 1. The SMILES string of the molecule is CCCCC(=O)NCCc1csc(-c2ccccc2OC)n1. The van der Waals surface area contributed by atoms with E-state index in [4.69, 9.17) is 4.74 Å². The largest absolute Gasteiger partial charge is 0.496 e. The first-order chi connectivity index (χ1) is 10.7. The molecule has 2 rings (SSSR count). The highest BCUT2D eigenvalue weighted by Crippen LogP contribution is 2.31. The van der Waals surface area contributed by atoms with Crippen LogP contribution in [0.3, 0.4) is 0 Å². The number of rotatable bonds is 8. The molecule has 0 atom stereocenters. The molecule has 2 aromatic rings. The molecule has 0 radical (unpaired) electrons. The van der Waals surface area contributed by atoms with Crippen LogP contribution >= 0.6 is 11.3 Å². The third-order valence-electron chi connectivity index (χ3n) is 3.35. The van der Waals surface area contributed by atoms with Gasteiger partial charge in [-0.25, -0.2) is 4.98 Å². The standard InChI is InChI=1S/C17H22N2O2S/c1-3-4-9-16(20)18-11-10-13-12-22-17(19-13)14-7-5-6-8-15(14)21-2/h5-8,12H,3-4,9-11H2,1-2H3,(H,18,20). The normalized spacial score (nSPS) is 10.5. The summed E-state index contributed by atoms with van der Waals surface area (Å²) >= 11 is 1.60. The fourth-order valence-corrected chi connectivity index (χ4v) is 3.01. The number of thiazole rings is 1. The van der Waals surface area contributed by atoms with Crippen molar-refractivity contribution in [3.8, 4) is 16.3 Å². The average Bonchev–Trinajstić information content (AvgIpc) is 3.01. The number of amides is 1. The van der Waals surface area contributed by atoms with Crippen molar-refractivity contribution in [2.24, 2.45) is 0 Å². The van der Waals surface area contributed by atoms with Crippen LogP contribution in [0.1, 0.15) is 31.9 Å². The van der Waals surface area contributed by atoms with Gasteiger partial charge in [-0.2, -0.15) is 0 Å². The maximum atomic E-state index is 11.6. The molecule has 1 heterocycles. The van der Waals surface area contributed by atoms with Gasteiger partial charge in [0, 0.05) is 24.8 Å². The molecule has 0 spiro atoms. The molecule has 0 fully saturated rings. The van der Waals surface area contributed by atoms with Crippen LogP contribution in [0.2, 0.25) is 0 Å². The third-order valence-corrected chi connectivity index (χ3v) is 4.27. The van der Waals surface area contributed by atoms with Crippen molar-refractivity contribution in [1.82, 2.24) is 10.3 Å². The Morgan fingerprint density at radius 3 is 2.95 bits per heavy atom. The number of nitrogens with zero attached hydrogens (tertiary/aromatic N) is 1. The predicted molar refractivity (Wildman–Crippen MR) is 90.3 cm³/mol. The summed E-state index contributed by atoms with van der Waals surface area (Å²) in [5, 5.41) is 5.93. The summed E-state index contributed by atoms with van der Waals surface area (Å²) in [6.07, 6.45) is 3.35. The average molecular weight is 318 g/mol. The summed E-state index contributed by atoms with van der Waals surface area (Å²) < 4.78 is 5.37. The Morgan fingerprint density at radius 2 is 2.18 bits per heavy atom. The molecular formula is C17H22N2O2S. The number of carbonyl (C=O) groups excluding carboxylic acids is 1. The first-order valence-electron chi connectivity index (χ1n) is 7.59. The van der Waals surface area contributed by atoms with Crippen LogP contribution in [-0.4, -0.2) is 24.5 Å². The molecule has 5 heteroatoms. The van der Waals surface area contributed by atoms with Crippen LogP contribution in [0.25, 0.3) is 10.6 Å². The summed E-state index contributed by atoms with van der Waals surface area (Å²) in [5.41, 5.74) is 2.01. The first kappa shape index (κ1) is 16.5. The van der Waals surface area contributed by atoms with Crippen molar-refractivity contribution < 1.29 is 9.53 Å². The Morgan fingerprint density at radius 1 is 1.36 bits per heavy atom. The lowest BCUT2D eigenvalue weighted by molar-refractivity contribution is -0.121. The van der Waals surface area contributed by atoms with Crippen molar-refractivity contribution in [2.75, 3.05) is 13.7 Å². The summed E-state index contributed by atoms with van der Waals surface area (Å²) in [4.78, 5) is 16.2. The van der Waals surface area contributed by atoms with Crippen LogP contribution in [-0.2, 0) is 11.2 Å². The molecule has 0 aliphatic carbocycles. The fraction of sp³-hybridized carbons (Fsp3) is 0.412. The minimum atomic E-state index is 0.127. The van der Waals surface area contributed by atoms with Crippen LogP contribution in [0.4, 0.5) is 0 Å². The van der Waals surface area contributed by atoms with E-state index in [1.54, 1.807) is 18.4 Å². The summed E-state index contributed by atoms with van der Waals surface area (Å²) in [7, 11) is 1.67. The molecule has 1 amide bonds. The van der Waals surface area contributed by atoms with Gasteiger partial charge in [0.1, 0.15) is 10.8 Å². The van der Waals surface area contributed by atoms with E-state index in [1.807, 2.05) is 29.6 Å². The third kappa shape index (κ3) is 4.56. The number of aromatic nitrogens is 1. The summed E-state index contributed by atoms with van der Waals surface area (Å²) in [6.45, 7) is 2.72. The van der Waals surface area contributed by atoms with Gasteiger partial charge in [-0.1, -0.05) is 25.5 Å². The second-order valence-corrected chi connectivity index (χ2v) is 5.91. The maximum absolute atomic E-state index is 11.6. The van der Waals surface area contributed by atoms with E-state index in [0.29, 0.717) is 13.0 Å². The Labute approximate surface area is 135 Å². The number of unbranched alkanes of at least 4 members (excludes halogenated alkanes) is 1. The van der Waals surface area contributed by atoms with Crippen molar-refractivity contribution in [3.63, 3.8) is 0 Å². The lowest BCUT2D eigenvalue weighted by atomic mass is 10.2. The zero-order chi connectivity index (χ0) is 15.8. The van der Waals surface area contributed by atoms with Crippen LogP contribution in [0.5, 0.6) is 5.75 Å². The quantitative estimate of drug-likeness (QED) is 0.808. The Hall–Kier alpha value is -1.88. The van der Waals surface area contributed by atoms with E-state index < -0.39 is 0 Å². The molecule has 4 nitrogen and oxygen atoms in total. The monoisotopic (exact) mass is 318 g/mol. The molecule has 22 heavy (non-hydrogen) atoms. The number of methoxy groups -OCH3 is 1. The molecule has 0 saturated carbocycles. The van der Waals surface area contributed by atoms with E-state index in [1.165, 1.54) is 0 Å². The van der Waals surface area contributed by atoms with Gasteiger partial charge in [-0.05, 0) is 18.6 Å². The minimum Gasteiger partial charge on any atom is -0.496 e. The number of hydrogen-bond acceptors (Lipinski definition) is 4. The lowest BCUT2D eigenvalue weighted by Crippen LogP contribution is -2.25. The van der Waals surface area contributed by atoms with Crippen molar-refractivity contribution in [1.29, 1.82) is 0 Å². The minimum absolute atomic E-state index is 0.127. The lowest BCUT2D eigenvalue weighted by Gasteiger charge is -2.05. The number of para-hydroxylation sites is 1. The highest BCUT2D eigenvalue weighted by molar-refractivity contribution is 7.13. The van der Waals surface area contributed by atoms with Gasteiger partial charge in [-0.3, -0.25) is 4.79 Å². The Kier molecular flexibility index (Phi) is 6.40. The van der Waals surface area contributed by atoms with E-state index in [-0.39, 0.29) is 5.91 Å². The van der Waals surface area contributed by atoms with Crippen LogP contribution in [0, 0.1) is 0 Å². The van der Waals surface area contributed by atoms with Gasteiger partial charge < -0.3 is 10.1 Å². The number of nitrogens with one attached hydrogen (secondary N) is 1. The summed E-state index contributed by atoms with van der Waals surface area (Å²) in [5.74, 6) is 0.957. The second-order valence-electron chi connectivity index (χ2n) is 5.05. The highest BCUT2D eigenvalue weighted by atomic mass is 32.1. The highest BCUT2D eigenvalue weighted by Gasteiger charge is 2.09. The van der Waals surface area contributed by atoms with Crippen molar-refractivity contribution >= 4 is 17.2 Å². The van der Waals surface area contributed by atoms with Gasteiger partial charge in [0.2, 0.25) is 5.91 Å². The maximum Gasteiger partial charge on any atom is 0.220 e. The molecule has 0 aliphatic rings. The second kappa shape index (κ2) is 8.54. The molecule has 0 aliphatic heterocycles. The zero-order valence-corrected chi connectivity index (χ0v) is 13.9. The number of benzene rings is 1. The molecule has 1 aromatic heterocycles. The van der Waals surface area contributed by atoms with E-state index in [2.05, 4.69) is 17.2 Å². The van der Waals surface area contributed by atoms with Gasteiger partial charge >= 0.3 is 0 Å². The molecule has 0 unspecified atom stereocenters. The van der Waals surface area contributed by atoms with Gasteiger partial charge in [0.05, 0.1) is 18.4 Å². The zero-order valence-electron chi connectivity index (χ0n) is 13.1. The Bertz CT molecular complexity index is 610. The summed E-state index contributed by atoms with van der Waals surface area (Å²) in [6, 6.07) is 7.87. The van der Waals surface area contributed by atoms with Crippen molar-refractivity contribution in [2.45, 2.75) is 32.6 Å². The van der Waals surface area contributed by atoms with E-state index >= 15 is 0 Å². The number of hydrogen-bond donors (Lipinski definition) is 1. The Balaban J connectivity index is 1.90. The van der Waals surface area contributed by atoms with Gasteiger partial charge in [0.25, 0.3) is 0 Å². The number of carbonyl (C=O) groups is 1. The molecule has 118 valence electrons. The van der Waals surface area contributed by atoms with Gasteiger partial charge in [0.15, 0.2) is 0 Å². The molecule has 1 aromatic carbocycles. The molecule has 0 saturated heterocycles. The van der Waals surface area contributed by atoms with Crippen LogP contribution in [0.15, 0.2) is 29.6 Å². The van der Waals surface area contributed by atoms with Crippen molar-refractivity contribution in [3.05, 3.63) is 35.3 Å². The molecular weight excluding hydrogens is 296 g/mol.